The highest BCUT2D eigenvalue weighted by Gasteiger charge is 2.10. The molecule has 0 saturated carbocycles. The minimum Gasteiger partial charge on any atom is -0.381 e. The second-order valence-corrected chi connectivity index (χ2v) is 5.87. The molecule has 1 heterocycles. The van der Waals surface area contributed by atoms with E-state index in [0.717, 1.165) is 32.7 Å². The van der Waals surface area contributed by atoms with Gasteiger partial charge in [0.1, 0.15) is 0 Å². The molecule has 0 aliphatic heterocycles. The van der Waals surface area contributed by atoms with Crippen molar-refractivity contribution in [1.82, 2.24) is 15.1 Å². The van der Waals surface area contributed by atoms with Crippen LogP contribution in [0.5, 0.6) is 0 Å². The molecule has 110 valence electrons. The molecule has 1 rings (SSSR count). The molecular formula is C15H29N3O. The van der Waals surface area contributed by atoms with Gasteiger partial charge in [0.25, 0.3) is 0 Å². The topological polar surface area (TPSA) is 39.1 Å². The lowest BCUT2D eigenvalue weighted by molar-refractivity contribution is 0.108. The highest BCUT2D eigenvalue weighted by molar-refractivity contribution is 5.19. The van der Waals surface area contributed by atoms with E-state index in [2.05, 4.69) is 44.3 Å². The second kappa shape index (κ2) is 8.33. The Hall–Kier alpha value is -0.870. The fourth-order valence-corrected chi connectivity index (χ4v) is 2.02. The van der Waals surface area contributed by atoms with Gasteiger partial charge in [0, 0.05) is 38.6 Å². The van der Waals surface area contributed by atoms with Crippen LogP contribution in [-0.2, 0) is 18.3 Å². The van der Waals surface area contributed by atoms with Gasteiger partial charge >= 0.3 is 0 Å². The average molecular weight is 267 g/mol. The monoisotopic (exact) mass is 267 g/mol. The molecule has 1 N–H and O–H groups in total. The van der Waals surface area contributed by atoms with Crippen molar-refractivity contribution in [2.45, 2.75) is 46.6 Å². The third-order valence-electron chi connectivity index (χ3n) is 2.89. The summed E-state index contributed by atoms with van der Waals surface area (Å²) in [5, 5.41) is 7.97. The standard InChI is InChI=1S/C15H29N3O/c1-12(2)11-19-8-6-7-16-9-14-10-18(5)17-15(14)13(3)4/h10,12-13,16H,6-9,11H2,1-5H3. The SMILES string of the molecule is CC(C)COCCCNCc1cn(C)nc1C(C)C. The zero-order valence-corrected chi connectivity index (χ0v) is 13.1. The van der Waals surface area contributed by atoms with Gasteiger partial charge in [0.2, 0.25) is 0 Å². The lowest BCUT2D eigenvalue weighted by Gasteiger charge is -2.08. The molecular weight excluding hydrogens is 238 g/mol. The second-order valence-electron chi connectivity index (χ2n) is 5.87. The van der Waals surface area contributed by atoms with Crippen molar-refractivity contribution in [3.05, 3.63) is 17.5 Å². The zero-order chi connectivity index (χ0) is 14.3. The van der Waals surface area contributed by atoms with Crippen LogP contribution < -0.4 is 5.32 Å². The third kappa shape index (κ3) is 6.21. The normalized spacial score (nSPS) is 11.7. The Morgan fingerprint density at radius 3 is 2.68 bits per heavy atom. The highest BCUT2D eigenvalue weighted by atomic mass is 16.5. The summed E-state index contributed by atoms with van der Waals surface area (Å²) in [4.78, 5) is 0. The predicted molar refractivity (Wildman–Crippen MR) is 79.3 cm³/mol. The van der Waals surface area contributed by atoms with Gasteiger partial charge in [-0.05, 0) is 24.8 Å². The number of hydrogen-bond donors (Lipinski definition) is 1. The first kappa shape index (κ1) is 16.2. The maximum Gasteiger partial charge on any atom is 0.0694 e. The van der Waals surface area contributed by atoms with E-state index in [1.54, 1.807) is 0 Å². The fourth-order valence-electron chi connectivity index (χ4n) is 2.02. The number of aromatic nitrogens is 2. The number of rotatable bonds is 9. The van der Waals surface area contributed by atoms with Crippen molar-refractivity contribution in [2.75, 3.05) is 19.8 Å². The van der Waals surface area contributed by atoms with E-state index in [0.29, 0.717) is 11.8 Å². The molecule has 19 heavy (non-hydrogen) atoms. The van der Waals surface area contributed by atoms with E-state index in [4.69, 9.17) is 4.74 Å². The first-order chi connectivity index (χ1) is 9.00. The van der Waals surface area contributed by atoms with Gasteiger partial charge in [-0.1, -0.05) is 27.7 Å². The molecule has 1 aromatic rings. The number of aryl methyl sites for hydroxylation is 1. The lowest BCUT2D eigenvalue weighted by atomic mass is 10.1. The third-order valence-corrected chi connectivity index (χ3v) is 2.89. The van der Waals surface area contributed by atoms with Crippen LogP contribution in [0.25, 0.3) is 0 Å². The Bertz CT molecular complexity index is 358. The van der Waals surface area contributed by atoms with Gasteiger partial charge in [-0.3, -0.25) is 4.68 Å². The van der Waals surface area contributed by atoms with Crippen LogP contribution in [0.2, 0.25) is 0 Å². The molecule has 0 fully saturated rings. The van der Waals surface area contributed by atoms with Crippen LogP contribution in [0.3, 0.4) is 0 Å². The number of hydrogen-bond acceptors (Lipinski definition) is 3. The van der Waals surface area contributed by atoms with Crippen molar-refractivity contribution in [3.63, 3.8) is 0 Å². The molecule has 0 atom stereocenters. The smallest absolute Gasteiger partial charge is 0.0694 e. The number of nitrogens with one attached hydrogen (secondary N) is 1. The van der Waals surface area contributed by atoms with Crippen molar-refractivity contribution in [3.8, 4) is 0 Å². The Labute approximate surface area is 117 Å². The van der Waals surface area contributed by atoms with Gasteiger partial charge in [0.15, 0.2) is 0 Å². The van der Waals surface area contributed by atoms with Gasteiger partial charge in [0.05, 0.1) is 5.69 Å². The summed E-state index contributed by atoms with van der Waals surface area (Å²) >= 11 is 0. The molecule has 0 amide bonds. The summed E-state index contributed by atoms with van der Waals surface area (Å²) in [6.45, 7) is 12.3. The minimum absolute atomic E-state index is 0.479. The molecule has 0 aliphatic carbocycles. The first-order valence-corrected chi connectivity index (χ1v) is 7.31. The molecule has 0 spiro atoms. The zero-order valence-electron chi connectivity index (χ0n) is 13.1. The molecule has 0 radical (unpaired) electrons. The minimum atomic E-state index is 0.479. The van der Waals surface area contributed by atoms with Gasteiger partial charge in [-0.15, -0.1) is 0 Å². The summed E-state index contributed by atoms with van der Waals surface area (Å²) in [6, 6.07) is 0. The molecule has 0 aromatic carbocycles. The average Bonchev–Trinajstić information content (AvgIpc) is 2.69. The molecule has 4 heteroatoms. The van der Waals surface area contributed by atoms with Crippen molar-refractivity contribution in [2.24, 2.45) is 13.0 Å². The van der Waals surface area contributed by atoms with E-state index in [-0.39, 0.29) is 0 Å². The highest BCUT2D eigenvalue weighted by Crippen LogP contribution is 2.16. The summed E-state index contributed by atoms with van der Waals surface area (Å²) in [6.07, 6.45) is 3.17. The van der Waals surface area contributed by atoms with Crippen molar-refractivity contribution < 1.29 is 4.74 Å². The largest absolute Gasteiger partial charge is 0.381 e. The van der Waals surface area contributed by atoms with E-state index >= 15 is 0 Å². The van der Waals surface area contributed by atoms with Crippen LogP contribution in [0.4, 0.5) is 0 Å². The maximum atomic E-state index is 5.56. The summed E-state index contributed by atoms with van der Waals surface area (Å²) < 4.78 is 7.46. The Balaban J connectivity index is 2.19. The fraction of sp³-hybridized carbons (Fsp3) is 0.800. The molecule has 0 bridgehead atoms. The molecule has 0 unspecified atom stereocenters. The number of ether oxygens (including phenoxy) is 1. The lowest BCUT2D eigenvalue weighted by Crippen LogP contribution is -2.17. The van der Waals surface area contributed by atoms with Crippen LogP contribution in [0.1, 0.15) is 51.3 Å². The van der Waals surface area contributed by atoms with Gasteiger partial charge in [-0.2, -0.15) is 5.10 Å². The Morgan fingerprint density at radius 2 is 2.05 bits per heavy atom. The first-order valence-electron chi connectivity index (χ1n) is 7.31. The van der Waals surface area contributed by atoms with Crippen LogP contribution in [-0.4, -0.2) is 29.5 Å². The predicted octanol–water partition coefficient (Wildman–Crippen LogP) is 2.70. The maximum absolute atomic E-state index is 5.56. The molecule has 4 nitrogen and oxygen atoms in total. The molecule has 0 aliphatic rings. The van der Waals surface area contributed by atoms with Crippen LogP contribution >= 0.6 is 0 Å². The molecule has 0 saturated heterocycles. The summed E-state index contributed by atoms with van der Waals surface area (Å²) in [5.41, 5.74) is 2.51. The van der Waals surface area contributed by atoms with E-state index in [9.17, 15) is 0 Å². The Morgan fingerprint density at radius 1 is 1.32 bits per heavy atom. The van der Waals surface area contributed by atoms with Gasteiger partial charge in [-0.25, -0.2) is 0 Å². The Kier molecular flexibility index (Phi) is 7.10. The molecule has 1 aromatic heterocycles. The van der Waals surface area contributed by atoms with Gasteiger partial charge < -0.3 is 10.1 Å². The van der Waals surface area contributed by atoms with Crippen molar-refractivity contribution in [1.29, 1.82) is 0 Å². The van der Waals surface area contributed by atoms with Crippen LogP contribution in [0.15, 0.2) is 6.20 Å². The van der Waals surface area contributed by atoms with Crippen molar-refractivity contribution >= 4 is 0 Å². The van der Waals surface area contributed by atoms with Crippen LogP contribution in [0, 0.1) is 5.92 Å². The summed E-state index contributed by atoms with van der Waals surface area (Å²) in [5.74, 6) is 1.10. The van der Waals surface area contributed by atoms with E-state index in [1.165, 1.54) is 11.3 Å². The van der Waals surface area contributed by atoms with E-state index < -0.39 is 0 Å². The quantitative estimate of drug-likeness (QED) is 0.699. The van der Waals surface area contributed by atoms with E-state index in [1.807, 2.05) is 11.7 Å². The number of nitrogens with zero attached hydrogens (tertiary/aromatic N) is 2. The summed E-state index contributed by atoms with van der Waals surface area (Å²) in [7, 11) is 1.98.